The first kappa shape index (κ1) is 11.1. The van der Waals surface area contributed by atoms with E-state index in [-0.39, 0.29) is 12.5 Å². The number of nitrogens with one attached hydrogen (secondary N) is 1. The molecule has 5 heteroatoms. The topological polar surface area (TPSA) is 51.2 Å². The van der Waals surface area contributed by atoms with Gasteiger partial charge in [-0.25, -0.2) is 4.98 Å². The first-order valence-electron chi connectivity index (χ1n) is 4.09. The maximum absolute atomic E-state index is 11.0. The zero-order valence-electron chi connectivity index (χ0n) is 7.79. The molecule has 1 N–H and O–H groups in total. The van der Waals surface area contributed by atoms with Crippen LogP contribution >= 0.6 is 15.9 Å². The van der Waals surface area contributed by atoms with Gasteiger partial charge in [-0.05, 0) is 28.1 Å². The predicted molar refractivity (Wildman–Crippen MR) is 55.7 cm³/mol. The normalized spacial score (nSPS) is 9.86. The fraction of sp³-hybridized carbons (Fsp3) is 0.333. The molecule has 0 aliphatic heterocycles. The van der Waals surface area contributed by atoms with E-state index in [4.69, 9.17) is 0 Å². The van der Waals surface area contributed by atoms with Crippen molar-refractivity contribution < 1.29 is 9.53 Å². The van der Waals surface area contributed by atoms with E-state index < -0.39 is 0 Å². The molecule has 0 unspecified atom stereocenters. The molecule has 1 aromatic rings. The lowest BCUT2D eigenvalue weighted by atomic mass is 10.3. The Morgan fingerprint density at radius 3 is 3.07 bits per heavy atom. The molecule has 14 heavy (non-hydrogen) atoms. The highest BCUT2D eigenvalue weighted by Crippen LogP contribution is 2.05. The molecule has 0 radical (unpaired) electrons. The third kappa shape index (κ3) is 3.85. The number of pyridine rings is 1. The number of nitrogens with zero attached hydrogens (tertiary/aromatic N) is 1. The van der Waals surface area contributed by atoms with Gasteiger partial charge in [-0.15, -0.1) is 0 Å². The molecule has 0 aliphatic carbocycles. The molecule has 4 nitrogen and oxygen atoms in total. The summed E-state index contributed by atoms with van der Waals surface area (Å²) in [4.78, 5) is 15.2. The summed E-state index contributed by atoms with van der Waals surface area (Å²) in [6.07, 6.45) is 0. The first-order valence-corrected chi connectivity index (χ1v) is 4.88. The average molecular weight is 259 g/mol. The van der Waals surface area contributed by atoms with Gasteiger partial charge in [-0.2, -0.15) is 0 Å². The number of aromatic nitrogens is 1. The van der Waals surface area contributed by atoms with E-state index in [1.807, 2.05) is 18.2 Å². The number of halogens is 1. The highest BCUT2D eigenvalue weighted by atomic mass is 79.9. The van der Waals surface area contributed by atoms with Crippen molar-refractivity contribution in [2.45, 2.75) is 6.54 Å². The maximum Gasteiger partial charge on any atom is 0.246 e. The van der Waals surface area contributed by atoms with Gasteiger partial charge in [0.15, 0.2) is 0 Å². The summed E-state index contributed by atoms with van der Waals surface area (Å²) in [5.74, 6) is -0.144. The first-order chi connectivity index (χ1) is 6.72. The predicted octanol–water partition coefficient (Wildman–Crippen LogP) is 1.11. The molecule has 0 aromatic carbocycles. The molecule has 0 spiro atoms. The van der Waals surface area contributed by atoms with Crippen molar-refractivity contribution in [3.8, 4) is 0 Å². The average Bonchev–Trinajstić information content (AvgIpc) is 2.15. The lowest BCUT2D eigenvalue weighted by molar-refractivity contribution is -0.124. The SMILES string of the molecule is COCC(=O)NCc1cccc(Br)n1. The highest BCUT2D eigenvalue weighted by Gasteiger charge is 2.00. The van der Waals surface area contributed by atoms with Crippen molar-refractivity contribution >= 4 is 21.8 Å². The van der Waals surface area contributed by atoms with E-state index in [1.165, 1.54) is 7.11 Å². The molecule has 1 amide bonds. The number of hydrogen-bond acceptors (Lipinski definition) is 3. The van der Waals surface area contributed by atoms with Crippen molar-refractivity contribution in [3.63, 3.8) is 0 Å². The Balaban J connectivity index is 2.41. The van der Waals surface area contributed by atoms with Crippen LogP contribution in [0.2, 0.25) is 0 Å². The standard InChI is InChI=1S/C9H11BrN2O2/c1-14-6-9(13)11-5-7-3-2-4-8(10)12-7/h2-4H,5-6H2,1H3,(H,11,13). The zero-order valence-corrected chi connectivity index (χ0v) is 9.37. The second kappa shape index (κ2) is 5.72. The molecule has 0 atom stereocenters. The summed E-state index contributed by atoms with van der Waals surface area (Å²) in [5, 5.41) is 2.68. The minimum Gasteiger partial charge on any atom is -0.375 e. The number of ether oxygens (including phenoxy) is 1. The quantitative estimate of drug-likeness (QED) is 0.824. The number of rotatable bonds is 4. The van der Waals surface area contributed by atoms with Gasteiger partial charge in [0.2, 0.25) is 5.91 Å². The Bertz CT molecular complexity index is 317. The van der Waals surface area contributed by atoms with Crippen LogP contribution in [0.15, 0.2) is 22.8 Å². The van der Waals surface area contributed by atoms with Gasteiger partial charge in [-0.3, -0.25) is 4.79 Å². The van der Waals surface area contributed by atoms with E-state index in [2.05, 4.69) is 31.0 Å². The van der Waals surface area contributed by atoms with E-state index in [0.29, 0.717) is 6.54 Å². The van der Waals surface area contributed by atoms with E-state index in [0.717, 1.165) is 10.3 Å². The second-order valence-corrected chi connectivity index (χ2v) is 3.47. The molecule has 1 rings (SSSR count). The number of carbonyl (C=O) groups excluding carboxylic acids is 1. The molecule has 76 valence electrons. The third-order valence-electron chi connectivity index (χ3n) is 1.51. The van der Waals surface area contributed by atoms with Crippen LogP contribution in [0.25, 0.3) is 0 Å². The van der Waals surface area contributed by atoms with E-state index >= 15 is 0 Å². The van der Waals surface area contributed by atoms with Crippen molar-refractivity contribution in [1.29, 1.82) is 0 Å². The lowest BCUT2D eigenvalue weighted by Crippen LogP contribution is -2.26. The largest absolute Gasteiger partial charge is 0.375 e. The monoisotopic (exact) mass is 258 g/mol. The molecular weight excluding hydrogens is 248 g/mol. The van der Waals surface area contributed by atoms with Gasteiger partial charge in [0, 0.05) is 7.11 Å². The molecule has 0 aliphatic rings. The van der Waals surface area contributed by atoms with Gasteiger partial charge in [0.1, 0.15) is 11.2 Å². The minimum atomic E-state index is -0.144. The number of carbonyl (C=O) groups is 1. The number of methoxy groups -OCH3 is 1. The molecule has 0 bridgehead atoms. The van der Waals surface area contributed by atoms with Crippen LogP contribution in [0.3, 0.4) is 0 Å². The molecular formula is C9H11BrN2O2. The van der Waals surface area contributed by atoms with Crippen molar-refractivity contribution in [1.82, 2.24) is 10.3 Å². The Labute approximate surface area is 90.8 Å². The maximum atomic E-state index is 11.0. The van der Waals surface area contributed by atoms with Crippen LogP contribution in [0, 0.1) is 0 Å². The number of amides is 1. The molecule has 0 saturated heterocycles. The molecule has 1 heterocycles. The van der Waals surface area contributed by atoms with Crippen molar-refractivity contribution in [2.75, 3.05) is 13.7 Å². The summed E-state index contributed by atoms with van der Waals surface area (Å²) in [6.45, 7) is 0.496. The van der Waals surface area contributed by atoms with Crippen LogP contribution in [0.5, 0.6) is 0 Å². The van der Waals surface area contributed by atoms with Gasteiger partial charge in [0.05, 0.1) is 12.2 Å². The number of hydrogen-bond donors (Lipinski definition) is 1. The summed E-state index contributed by atoms with van der Waals surface area (Å²) in [6, 6.07) is 5.55. The fourth-order valence-electron chi connectivity index (χ4n) is 0.920. The minimum absolute atomic E-state index is 0.0774. The summed E-state index contributed by atoms with van der Waals surface area (Å²) >= 11 is 3.25. The zero-order chi connectivity index (χ0) is 10.4. The van der Waals surface area contributed by atoms with E-state index in [9.17, 15) is 4.79 Å². The van der Waals surface area contributed by atoms with Crippen molar-refractivity contribution in [2.24, 2.45) is 0 Å². The highest BCUT2D eigenvalue weighted by molar-refractivity contribution is 9.10. The fourth-order valence-corrected chi connectivity index (χ4v) is 1.30. The third-order valence-corrected chi connectivity index (χ3v) is 1.96. The molecule has 0 fully saturated rings. The van der Waals surface area contributed by atoms with E-state index in [1.54, 1.807) is 0 Å². The molecule has 0 saturated carbocycles. The Morgan fingerprint density at radius 2 is 2.43 bits per heavy atom. The van der Waals surface area contributed by atoms with Crippen LogP contribution in [0.1, 0.15) is 5.69 Å². The van der Waals surface area contributed by atoms with Crippen LogP contribution in [-0.2, 0) is 16.1 Å². The van der Waals surface area contributed by atoms with Gasteiger partial charge < -0.3 is 10.1 Å². The molecule has 1 aromatic heterocycles. The summed E-state index contributed by atoms with van der Waals surface area (Å²) in [5.41, 5.74) is 0.809. The summed E-state index contributed by atoms with van der Waals surface area (Å²) < 4.78 is 5.43. The Hall–Kier alpha value is -0.940. The van der Waals surface area contributed by atoms with Crippen LogP contribution < -0.4 is 5.32 Å². The lowest BCUT2D eigenvalue weighted by Gasteiger charge is -2.03. The Kier molecular flexibility index (Phi) is 4.55. The van der Waals surface area contributed by atoms with Gasteiger partial charge in [0.25, 0.3) is 0 Å². The van der Waals surface area contributed by atoms with Crippen LogP contribution in [-0.4, -0.2) is 24.6 Å². The second-order valence-electron chi connectivity index (χ2n) is 2.66. The summed E-state index contributed by atoms with van der Waals surface area (Å²) in [7, 11) is 1.48. The van der Waals surface area contributed by atoms with Crippen molar-refractivity contribution in [3.05, 3.63) is 28.5 Å². The Morgan fingerprint density at radius 1 is 1.64 bits per heavy atom. The van der Waals surface area contributed by atoms with Gasteiger partial charge in [-0.1, -0.05) is 6.07 Å². The van der Waals surface area contributed by atoms with Crippen LogP contribution in [0.4, 0.5) is 0 Å². The smallest absolute Gasteiger partial charge is 0.246 e. The van der Waals surface area contributed by atoms with Gasteiger partial charge >= 0.3 is 0 Å².